The molecule has 2 aliphatic heterocycles. The minimum atomic E-state index is -2.19. The molecule has 3 aromatic rings. The molecule has 0 saturated carbocycles. The summed E-state index contributed by atoms with van der Waals surface area (Å²) in [6.45, 7) is -0.784. The number of carbonyl (C=O) groups is 3. The first-order valence-corrected chi connectivity index (χ1v) is 12.2. The number of carbonyl (C=O) groups excluding carboxylic acids is 2. The molecule has 1 spiro atoms. The van der Waals surface area contributed by atoms with Crippen LogP contribution in [0.5, 0.6) is 5.75 Å². The van der Waals surface area contributed by atoms with Gasteiger partial charge < -0.3 is 14.7 Å². The lowest BCUT2D eigenvalue weighted by molar-refractivity contribution is -0.139. The summed E-state index contributed by atoms with van der Waals surface area (Å²) in [5.41, 5.74) is 0.650. The standard InChI is InChI=1S/C25H17F3N2O6S/c26-15-3-1-14(2-4-15)11-29-21-8-6-17(36-12-23(32)33)10-18(21)25(24(29)34)30(22(31)13-37(25)35)16-5-7-19(27)20(28)9-16/h1-10H,11-13H2,(H,32,33). The Morgan fingerprint density at radius 3 is 2.41 bits per heavy atom. The molecule has 2 heterocycles. The van der Waals surface area contributed by atoms with Gasteiger partial charge in [-0.15, -0.1) is 0 Å². The van der Waals surface area contributed by atoms with Crippen molar-refractivity contribution < 1.29 is 41.6 Å². The van der Waals surface area contributed by atoms with Crippen LogP contribution in [0, 0.1) is 17.5 Å². The molecular weight excluding hydrogens is 513 g/mol. The van der Waals surface area contributed by atoms with E-state index in [1.54, 1.807) is 0 Å². The second-order valence-corrected chi connectivity index (χ2v) is 9.91. The quantitative estimate of drug-likeness (QED) is 0.526. The highest BCUT2D eigenvalue weighted by Crippen LogP contribution is 2.52. The van der Waals surface area contributed by atoms with Crippen molar-refractivity contribution >= 4 is 40.0 Å². The molecule has 1 N–H and O–H groups in total. The number of amides is 2. The highest BCUT2D eigenvalue weighted by molar-refractivity contribution is 7.88. The number of rotatable bonds is 6. The number of benzene rings is 3. The number of ether oxygens (including phenoxy) is 1. The molecule has 8 nitrogen and oxygen atoms in total. The third-order valence-corrected chi connectivity index (χ3v) is 7.83. The highest BCUT2D eigenvalue weighted by Gasteiger charge is 2.65. The first-order chi connectivity index (χ1) is 17.6. The van der Waals surface area contributed by atoms with E-state index in [9.17, 15) is 31.8 Å². The molecular formula is C25H17F3N2O6S. The third-order valence-electron chi connectivity index (χ3n) is 6.08. The van der Waals surface area contributed by atoms with Gasteiger partial charge >= 0.3 is 5.97 Å². The summed E-state index contributed by atoms with van der Waals surface area (Å²) in [7, 11) is -2.19. The molecule has 2 atom stereocenters. The molecule has 2 amide bonds. The van der Waals surface area contributed by atoms with Gasteiger partial charge in [0, 0.05) is 17.3 Å². The number of aliphatic carboxylic acids is 1. The van der Waals surface area contributed by atoms with Crippen molar-refractivity contribution in [1.29, 1.82) is 0 Å². The van der Waals surface area contributed by atoms with Gasteiger partial charge in [0.05, 0.1) is 23.0 Å². The van der Waals surface area contributed by atoms with Gasteiger partial charge in [-0.05, 0) is 48.0 Å². The van der Waals surface area contributed by atoms with Crippen LogP contribution in [0.3, 0.4) is 0 Å². The van der Waals surface area contributed by atoms with Crippen molar-refractivity contribution in [3.63, 3.8) is 0 Å². The maximum Gasteiger partial charge on any atom is 0.341 e. The number of hydrogen-bond acceptors (Lipinski definition) is 5. The van der Waals surface area contributed by atoms with Crippen LogP contribution >= 0.6 is 0 Å². The van der Waals surface area contributed by atoms with E-state index in [1.807, 2.05) is 0 Å². The summed E-state index contributed by atoms with van der Waals surface area (Å²) in [6.07, 6.45) is 0. The maximum atomic E-state index is 14.2. The third kappa shape index (κ3) is 3.93. The Labute approximate surface area is 210 Å². The Balaban J connectivity index is 1.70. The summed E-state index contributed by atoms with van der Waals surface area (Å²) in [5, 5.41) is 8.98. The molecule has 1 fully saturated rings. The SMILES string of the molecule is O=C(O)COc1ccc2c(c1)C1(C(=O)N2Cc2ccc(F)cc2)N(c2ccc(F)c(F)c2)C(=O)CS1=O. The topological polar surface area (TPSA) is 104 Å². The Kier molecular flexibility index (Phi) is 5.98. The predicted molar refractivity (Wildman–Crippen MR) is 126 cm³/mol. The van der Waals surface area contributed by atoms with Crippen LogP contribution in [0.4, 0.5) is 24.5 Å². The lowest BCUT2D eigenvalue weighted by Crippen LogP contribution is -2.52. The highest BCUT2D eigenvalue weighted by atomic mass is 32.2. The summed E-state index contributed by atoms with van der Waals surface area (Å²) in [4.78, 5) is 38.2. The van der Waals surface area contributed by atoms with E-state index >= 15 is 0 Å². The molecule has 2 aliphatic rings. The van der Waals surface area contributed by atoms with Crippen molar-refractivity contribution in [2.45, 2.75) is 11.4 Å². The fourth-order valence-corrected chi connectivity index (χ4v) is 6.23. The van der Waals surface area contributed by atoms with Crippen LogP contribution in [0.15, 0.2) is 60.7 Å². The van der Waals surface area contributed by atoms with Crippen LogP contribution in [0.2, 0.25) is 0 Å². The second-order valence-electron chi connectivity index (χ2n) is 8.34. The summed E-state index contributed by atoms with van der Waals surface area (Å²) in [6, 6.07) is 12.1. The molecule has 0 radical (unpaired) electrons. The average Bonchev–Trinajstić information content (AvgIpc) is 3.26. The van der Waals surface area contributed by atoms with E-state index in [2.05, 4.69) is 0 Å². The molecule has 0 aromatic heterocycles. The number of fused-ring (bicyclic) bond motifs is 2. The van der Waals surface area contributed by atoms with Gasteiger partial charge in [-0.1, -0.05) is 12.1 Å². The van der Waals surface area contributed by atoms with Crippen molar-refractivity contribution in [2.24, 2.45) is 0 Å². The van der Waals surface area contributed by atoms with E-state index in [1.165, 1.54) is 47.4 Å². The van der Waals surface area contributed by atoms with Gasteiger partial charge in [0.15, 0.2) is 18.2 Å². The average molecular weight is 530 g/mol. The first kappa shape index (κ1) is 24.5. The van der Waals surface area contributed by atoms with Crippen molar-refractivity contribution in [3.8, 4) is 5.75 Å². The van der Waals surface area contributed by atoms with E-state index < -0.39 is 63.3 Å². The molecule has 37 heavy (non-hydrogen) atoms. The number of halogens is 3. The zero-order chi connectivity index (χ0) is 26.5. The lowest BCUT2D eigenvalue weighted by Gasteiger charge is -2.32. The fourth-order valence-electron chi connectivity index (χ4n) is 4.54. The smallest absolute Gasteiger partial charge is 0.341 e. The number of carboxylic acid groups (broad SMARTS) is 1. The van der Waals surface area contributed by atoms with E-state index in [0.717, 1.165) is 23.1 Å². The van der Waals surface area contributed by atoms with E-state index in [0.29, 0.717) is 5.56 Å². The van der Waals surface area contributed by atoms with Gasteiger partial charge in [0.1, 0.15) is 17.3 Å². The molecule has 3 aromatic carbocycles. The summed E-state index contributed by atoms with van der Waals surface area (Å²) in [5.74, 6) is -6.28. The van der Waals surface area contributed by atoms with Gasteiger partial charge in [0.2, 0.25) is 10.8 Å². The lowest BCUT2D eigenvalue weighted by atomic mass is 10.0. The molecule has 0 aliphatic carbocycles. The Morgan fingerprint density at radius 1 is 1.00 bits per heavy atom. The molecule has 0 bridgehead atoms. The van der Waals surface area contributed by atoms with Gasteiger partial charge in [-0.2, -0.15) is 0 Å². The van der Waals surface area contributed by atoms with Crippen molar-refractivity contribution in [2.75, 3.05) is 22.2 Å². The van der Waals surface area contributed by atoms with Gasteiger partial charge in [0.25, 0.3) is 5.91 Å². The van der Waals surface area contributed by atoms with Crippen LogP contribution < -0.4 is 14.5 Å². The monoisotopic (exact) mass is 530 g/mol. The van der Waals surface area contributed by atoms with Crippen LogP contribution in [0.1, 0.15) is 11.1 Å². The van der Waals surface area contributed by atoms with E-state index in [-0.39, 0.29) is 29.2 Å². The van der Waals surface area contributed by atoms with Crippen LogP contribution in [0.25, 0.3) is 0 Å². The molecule has 1 saturated heterocycles. The minimum Gasteiger partial charge on any atom is -0.482 e. The van der Waals surface area contributed by atoms with Crippen LogP contribution in [-0.2, 0) is 36.6 Å². The van der Waals surface area contributed by atoms with E-state index in [4.69, 9.17) is 9.84 Å². The normalized spacial score (nSPS) is 20.6. The fraction of sp³-hybridized carbons (Fsp3) is 0.160. The molecule has 2 unspecified atom stereocenters. The number of anilines is 2. The molecule has 12 heteroatoms. The van der Waals surface area contributed by atoms with Gasteiger partial charge in [-0.25, -0.2) is 18.0 Å². The Hall–Kier alpha value is -4.19. The number of nitrogens with zero attached hydrogens (tertiary/aromatic N) is 2. The number of carboxylic acids is 1. The first-order valence-electron chi connectivity index (χ1n) is 10.8. The zero-order valence-electron chi connectivity index (χ0n) is 18.8. The zero-order valence-corrected chi connectivity index (χ0v) is 19.6. The van der Waals surface area contributed by atoms with Crippen molar-refractivity contribution in [3.05, 3.63) is 89.2 Å². The summed E-state index contributed by atoms with van der Waals surface area (Å²) >= 11 is 0. The Bertz CT molecular complexity index is 1480. The van der Waals surface area contributed by atoms with Gasteiger partial charge in [-0.3, -0.25) is 18.7 Å². The minimum absolute atomic E-state index is 0.0264. The molecule has 5 rings (SSSR count). The van der Waals surface area contributed by atoms with Crippen LogP contribution in [-0.4, -0.2) is 39.5 Å². The second kappa shape index (κ2) is 9.04. The van der Waals surface area contributed by atoms with Crippen molar-refractivity contribution in [1.82, 2.24) is 0 Å². The molecule has 190 valence electrons. The number of hydrogen-bond donors (Lipinski definition) is 1. The largest absolute Gasteiger partial charge is 0.482 e. The predicted octanol–water partition coefficient (Wildman–Crippen LogP) is 3.06. The Morgan fingerprint density at radius 2 is 1.73 bits per heavy atom. The summed E-state index contributed by atoms with van der Waals surface area (Å²) < 4.78 is 60.1. The maximum absolute atomic E-state index is 14.2.